The number of ether oxygens (including phenoxy) is 2. The van der Waals surface area contributed by atoms with E-state index in [0.717, 1.165) is 4.68 Å². The molecule has 7 nitrogen and oxygen atoms in total. The Morgan fingerprint density at radius 1 is 1.23 bits per heavy atom. The third-order valence-electron chi connectivity index (χ3n) is 3.48. The Morgan fingerprint density at radius 3 is 2.35 bits per heavy atom. The SMILES string of the molecule is CC(=O)OC(Cl)C(C)(C)C(=O)C(Cl)(Oc1ccc(Cl)cc1)n1cncn1. The quantitative estimate of drug-likeness (QED) is 0.503. The number of Topliss-reactive ketones (excluding diaryl/α,β-unsaturated/α-hetero) is 1. The lowest BCUT2D eigenvalue weighted by molar-refractivity contribution is -0.156. The molecule has 0 bridgehead atoms. The highest BCUT2D eigenvalue weighted by Crippen LogP contribution is 2.39. The second-order valence-electron chi connectivity index (χ2n) is 5.93. The second-order valence-corrected chi connectivity index (χ2v) is 7.28. The molecular formula is C16H16Cl3N3O4. The fourth-order valence-electron chi connectivity index (χ4n) is 2.01. The molecule has 1 heterocycles. The number of esters is 1. The summed E-state index contributed by atoms with van der Waals surface area (Å²) < 4.78 is 11.7. The van der Waals surface area contributed by atoms with Gasteiger partial charge < -0.3 is 9.47 Å². The molecule has 0 aliphatic heterocycles. The highest BCUT2D eigenvalue weighted by atomic mass is 35.5. The van der Waals surface area contributed by atoms with Crippen molar-refractivity contribution in [2.45, 2.75) is 31.5 Å². The van der Waals surface area contributed by atoms with Gasteiger partial charge in [-0.1, -0.05) is 23.2 Å². The van der Waals surface area contributed by atoms with E-state index in [1.165, 1.54) is 33.4 Å². The number of aromatic nitrogens is 3. The molecule has 0 aliphatic rings. The van der Waals surface area contributed by atoms with Crippen LogP contribution >= 0.6 is 34.8 Å². The van der Waals surface area contributed by atoms with Gasteiger partial charge in [-0.25, -0.2) is 4.98 Å². The Hall–Kier alpha value is -1.83. The van der Waals surface area contributed by atoms with Gasteiger partial charge in [0.1, 0.15) is 18.4 Å². The van der Waals surface area contributed by atoms with Gasteiger partial charge in [0.25, 0.3) is 0 Å². The molecule has 0 saturated heterocycles. The van der Waals surface area contributed by atoms with Crippen molar-refractivity contribution < 1.29 is 19.1 Å². The maximum atomic E-state index is 13.2. The molecule has 26 heavy (non-hydrogen) atoms. The molecule has 2 rings (SSSR count). The number of carbonyl (C=O) groups is 2. The molecule has 0 N–H and O–H groups in total. The second kappa shape index (κ2) is 7.82. The molecule has 0 spiro atoms. The van der Waals surface area contributed by atoms with E-state index in [0.29, 0.717) is 5.02 Å². The number of halogens is 3. The summed E-state index contributed by atoms with van der Waals surface area (Å²) >= 11 is 18.5. The van der Waals surface area contributed by atoms with Gasteiger partial charge in [0, 0.05) is 11.9 Å². The summed E-state index contributed by atoms with van der Waals surface area (Å²) in [6.45, 7) is 4.15. The van der Waals surface area contributed by atoms with Crippen molar-refractivity contribution in [3.63, 3.8) is 0 Å². The molecule has 0 fully saturated rings. The van der Waals surface area contributed by atoms with Crippen LogP contribution in [0, 0.1) is 5.41 Å². The van der Waals surface area contributed by atoms with Gasteiger partial charge in [-0.2, -0.15) is 9.78 Å². The van der Waals surface area contributed by atoms with E-state index in [-0.39, 0.29) is 5.75 Å². The van der Waals surface area contributed by atoms with E-state index in [1.54, 1.807) is 24.3 Å². The summed E-state index contributed by atoms with van der Waals surface area (Å²) in [5.74, 6) is -1.05. The molecule has 2 aromatic rings. The van der Waals surface area contributed by atoms with Crippen molar-refractivity contribution in [3.8, 4) is 5.75 Å². The maximum Gasteiger partial charge on any atom is 0.342 e. The topological polar surface area (TPSA) is 83.3 Å². The van der Waals surface area contributed by atoms with Gasteiger partial charge in [-0.05, 0) is 49.7 Å². The smallest absolute Gasteiger partial charge is 0.342 e. The van der Waals surface area contributed by atoms with Crippen molar-refractivity contribution in [3.05, 3.63) is 41.9 Å². The van der Waals surface area contributed by atoms with E-state index in [2.05, 4.69) is 10.1 Å². The third kappa shape index (κ3) is 4.28. The number of ketones is 1. The van der Waals surface area contributed by atoms with Crippen LogP contribution in [0.15, 0.2) is 36.9 Å². The van der Waals surface area contributed by atoms with E-state index in [4.69, 9.17) is 44.3 Å². The third-order valence-corrected chi connectivity index (χ3v) is 4.79. The Kier molecular flexibility index (Phi) is 6.16. The van der Waals surface area contributed by atoms with Crippen molar-refractivity contribution in [2.24, 2.45) is 5.41 Å². The molecule has 2 atom stereocenters. The number of benzene rings is 1. The van der Waals surface area contributed by atoms with Crippen LogP contribution in [0.1, 0.15) is 20.8 Å². The van der Waals surface area contributed by atoms with Gasteiger partial charge in [-0.3, -0.25) is 9.59 Å². The predicted octanol–water partition coefficient (Wildman–Crippen LogP) is 3.58. The molecule has 140 valence electrons. The zero-order valence-electron chi connectivity index (χ0n) is 14.1. The maximum absolute atomic E-state index is 13.2. The number of hydrogen-bond donors (Lipinski definition) is 0. The van der Waals surface area contributed by atoms with Gasteiger partial charge >= 0.3 is 11.2 Å². The minimum atomic E-state index is -2.11. The minimum absolute atomic E-state index is 0.266. The van der Waals surface area contributed by atoms with Crippen LogP contribution in [0.4, 0.5) is 0 Å². The van der Waals surface area contributed by atoms with Crippen LogP contribution in [-0.4, -0.2) is 32.1 Å². The average Bonchev–Trinajstić information content (AvgIpc) is 3.10. The van der Waals surface area contributed by atoms with Gasteiger partial charge in [0.05, 0.1) is 5.41 Å². The first kappa shape index (κ1) is 20.5. The molecule has 1 aromatic carbocycles. The summed E-state index contributed by atoms with van der Waals surface area (Å²) in [5.41, 5.74) is -2.68. The highest BCUT2D eigenvalue weighted by molar-refractivity contribution is 6.33. The molecule has 1 aromatic heterocycles. The fraction of sp³-hybridized carbons (Fsp3) is 0.375. The molecule has 0 radical (unpaired) electrons. The molecule has 2 unspecified atom stereocenters. The van der Waals surface area contributed by atoms with Crippen LogP contribution in [0.3, 0.4) is 0 Å². The zero-order valence-corrected chi connectivity index (χ0v) is 16.4. The van der Waals surface area contributed by atoms with Crippen LogP contribution < -0.4 is 4.74 Å². The summed E-state index contributed by atoms with van der Waals surface area (Å²) in [6, 6.07) is 6.24. The first-order chi connectivity index (χ1) is 12.1. The predicted molar refractivity (Wildman–Crippen MR) is 96.1 cm³/mol. The average molecular weight is 421 g/mol. The highest BCUT2D eigenvalue weighted by Gasteiger charge is 2.53. The first-order valence-corrected chi connectivity index (χ1v) is 8.61. The van der Waals surface area contributed by atoms with Crippen molar-refractivity contribution in [1.29, 1.82) is 0 Å². The molecular weight excluding hydrogens is 405 g/mol. The summed E-state index contributed by atoms with van der Waals surface area (Å²) in [7, 11) is 0. The van der Waals surface area contributed by atoms with Crippen molar-refractivity contribution in [1.82, 2.24) is 14.8 Å². The zero-order chi connectivity index (χ0) is 19.5. The standard InChI is InChI=1S/C16H16Cl3N3O4/c1-10(23)25-14(18)15(2,3)13(24)16(19,22-9-20-8-21-22)26-12-6-4-11(17)5-7-12/h4-9,14H,1-3H3. The fourth-order valence-corrected chi connectivity index (χ4v) is 2.78. The monoisotopic (exact) mass is 419 g/mol. The normalized spacial score (nSPS) is 15.0. The van der Waals surface area contributed by atoms with Crippen LogP contribution in [0.25, 0.3) is 0 Å². The van der Waals surface area contributed by atoms with Gasteiger partial charge in [-0.15, -0.1) is 0 Å². The Balaban J connectivity index is 2.42. The van der Waals surface area contributed by atoms with Gasteiger partial charge in [0.2, 0.25) is 5.78 Å². The number of nitrogens with zero attached hydrogens (tertiary/aromatic N) is 3. The Bertz CT molecular complexity index is 781. The lowest BCUT2D eigenvalue weighted by Crippen LogP contribution is -2.52. The lowest BCUT2D eigenvalue weighted by atomic mass is 9.87. The Labute approximate surface area is 165 Å². The van der Waals surface area contributed by atoms with Crippen molar-refractivity contribution >= 4 is 46.6 Å². The Morgan fingerprint density at radius 2 is 1.85 bits per heavy atom. The number of carbonyl (C=O) groups excluding carboxylic acids is 2. The lowest BCUT2D eigenvalue weighted by Gasteiger charge is -2.35. The summed E-state index contributed by atoms with van der Waals surface area (Å²) in [6.07, 6.45) is 2.43. The number of alkyl halides is 2. The largest absolute Gasteiger partial charge is 0.446 e. The van der Waals surface area contributed by atoms with Crippen LogP contribution in [-0.2, 0) is 19.5 Å². The molecule has 0 amide bonds. The van der Waals surface area contributed by atoms with E-state index < -0.39 is 27.9 Å². The van der Waals surface area contributed by atoms with E-state index >= 15 is 0 Å². The summed E-state index contributed by atoms with van der Waals surface area (Å²) in [5, 5.41) is 2.28. The number of hydrogen-bond acceptors (Lipinski definition) is 6. The van der Waals surface area contributed by atoms with Crippen molar-refractivity contribution in [2.75, 3.05) is 0 Å². The van der Waals surface area contributed by atoms with Crippen LogP contribution in [0.2, 0.25) is 5.02 Å². The summed E-state index contributed by atoms with van der Waals surface area (Å²) in [4.78, 5) is 28.2. The van der Waals surface area contributed by atoms with E-state index in [1.807, 2.05) is 0 Å². The van der Waals surface area contributed by atoms with Crippen LogP contribution in [0.5, 0.6) is 5.75 Å². The number of rotatable bonds is 7. The van der Waals surface area contributed by atoms with Gasteiger partial charge in [0.15, 0.2) is 5.56 Å². The first-order valence-electron chi connectivity index (χ1n) is 7.42. The molecule has 10 heteroatoms. The minimum Gasteiger partial charge on any atom is -0.446 e. The van der Waals surface area contributed by atoms with E-state index in [9.17, 15) is 9.59 Å². The molecule has 0 aliphatic carbocycles. The molecule has 0 saturated carbocycles.